The van der Waals surface area contributed by atoms with Crippen LogP contribution in [-0.2, 0) is 0 Å². The van der Waals surface area contributed by atoms with Gasteiger partial charge in [-0.05, 0) is 31.5 Å². The Labute approximate surface area is 120 Å². The summed E-state index contributed by atoms with van der Waals surface area (Å²) in [6.45, 7) is 9.72. The van der Waals surface area contributed by atoms with Gasteiger partial charge in [0.1, 0.15) is 11.6 Å². The Morgan fingerprint density at radius 1 is 1.45 bits per heavy atom. The van der Waals surface area contributed by atoms with Crippen molar-refractivity contribution in [2.45, 2.75) is 19.4 Å². The van der Waals surface area contributed by atoms with Gasteiger partial charge in [-0.25, -0.2) is 4.39 Å². The molecule has 110 valence electrons. The fraction of sp³-hybridized carbons (Fsp3) is 0.500. The van der Waals surface area contributed by atoms with Crippen LogP contribution in [0.5, 0.6) is 5.75 Å². The molecule has 1 atom stereocenters. The molecule has 1 aliphatic heterocycles. The first kappa shape index (κ1) is 15.0. The maximum Gasteiger partial charge on any atom is 0.128 e. The first-order valence-corrected chi connectivity index (χ1v) is 7.04. The molecule has 0 radical (unpaired) electrons. The minimum Gasteiger partial charge on any atom is -0.497 e. The summed E-state index contributed by atoms with van der Waals surface area (Å²) in [5, 5.41) is 3.33. The fourth-order valence-electron chi connectivity index (χ4n) is 2.66. The van der Waals surface area contributed by atoms with E-state index in [0.717, 1.165) is 38.2 Å². The lowest BCUT2D eigenvalue weighted by Crippen LogP contribution is -2.45. The summed E-state index contributed by atoms with van der Waals surface area (Å²) in [5.74, 6) is 0.527. The molecule has 2 rings (SSSR count). The number of methoxy groups -OCH3 is 1. The molecule has 1 saturated heterocycles. The van der Waals surface area contributed by atoms with Gasteiger partial charge in [-0.15, -0.1) is 6.58 Å². The molecule has 1 fully saturated rings. The smallest absolute Gasteiger partial charge is 0.128 e. The Bertz CT molecular complexity index is 470. The molecule has 1 aromatic carbocycles. The zero-order valence-corrected chi connectivity index (χ0v) is 12.3. The normalized spacial score (nSPS) is 17.8. The standard InChI is InChI=1S/C16H23FN2O/c1-12(2)10-16(19-8-6-18-7-9-19)14-11-13(20-3)4-5-15(14)17/h4-5,11,16,18H,1,6-10H2,2-3H3/t16-/m0/s1. The van der Waals surface area contributed by atoms with Gasteiger partial charge < -0.3 is 10.1 Å². The number of hydrogen-bond donors (Lipinski definition) is 1. The largest absolute Gasteiger partial charge is 0.497 e. The highest BCUT2D eigenvalue weighted by Gasteiger charge is 2.25. The van der Waals surface area contributed by atoms with Crippen LogP contribution in [0.25, 0.3) is 0 Å². The predicted octanol–water partition coefficient (Wildman–Crippen LogP) is 2.75. The van der Waals surface area contributed by atoms with E-state index in [1.807, 2.05) is 13.0 Å². The van der Waals surface area contributed by atoms with Crippen LogP contribution in [0.2, 0.25) is 0 Å². The molecule has 1 heterocycles. The molecule has 0 saturated carbocycles. The fourth-order valence-corrected chi connectivity index (χ4v) is 2.66. The second-order valence-electron chi connectivity index (χ2n) is 5.35. The van der Waals surface area contributed by atoms with Crippen LogP contribution in [0.1, 0.15) is 24.9 Å². The lowest BCUT2D eigenvalue weighted by molar-refractivity contribution is 0.169. The summed E-state index contributed by atoms with van der Waals surface area (Å²) in [6, 6.07) is 4.99. The number of benzene rings is 1. The molecule has 4 heteroatoms. The molecule has 0 amide bonds. The average molecular weight is 278 g/mol. The summed E-state index contributed by atoms with van der Waals surface area (Å²) in [5.41, 5.74) is 1.77. The van der Waals surface area contributed by atoms with Crippen LogP contribution < -0.4 is 10.1 Å². The highest BCUT2D eigenvalue weighted by molar-refractivity contribution is 5.32. The lowest BCUT2D eigenvalue weighted by Gasteiger charge is -2.35. The molecule has 20 heavy (non-hydrogen) atoms. The summed E-state index contributed by atoms with van der Waals surface area (Å²) in [7, 11) is 1.61. The topological polar surface area (TPSA) is 24.5 Å². The number of hydrogen-bond acceptors (Lipinski definition) is 3. The molecule has 1 aliphatic rings. The summed E-state index contributed by atoms with van der Waals surface area (Å²) < 4.78 is 19.5. The molecular weight excluding hydrogens is 255 g/mol. The molecule has 0 spiro atoms. The Morgan fingerprint density at radius 2 is 2.15 bits per heavy atom. The molecule has 0 aromatic heterocycles. The third-order valence-corrected chi connectivity index (χ3v) is 3.70. The van der Waals surface area contributed by atoms with Crippen LogP contribution in [0.3, 0.4) is 0 Å². The van der Waals surface area contributed by atoms with Gasteiger partial charge in [0.25, 0.3) is 0 Å². The predicted molar refractivity (Wildman–Crippen MR) is 79.6 cm³/mol. The number of piperazine rings is 1. The maximum absolute atomic E-state index is 14.2. The van der Waals surface area contributed by atoms with Crippen LogP contribution >= 0.6 is 0 Å². The number of rotatable bonds is 5. The van der Waals surface area contributed by atoms with Crippen molar-refractivity contribution >= 4 is 0 Å². The van der Waals surface area contributed by atoms with E-state index in [1.54, 1.807) is 13.2 Å². The minimum absolute atomic E-state index is 0.0321. The molecule has 0 aliphatic carbocycles. The van der Waals surface area contributed by atoms with E-state index in [0.29, 0.717) is 11.3 Å². The Hall–Kier alpha value is -1.39. The molecular formula is C16H23FN2O. The summed E-state index contributed by atoms with van der Waals surface area (Å²) in [6.07, 6.45) is 0.768. The lowest BCUT2D eigenvalue weighted by atomic mass is 9.97. The van der Waals surface area contributed by atoms with Crippen molar-refractivity contribution in [3.05, 3.63) is 41.7 Å². The molecule has 1 N–H and O–H groups in total. The molecule has 0 unspecified atom stereocenters. The maximum atomic E-state index is 14.2. The summed E-state index contributed by atoms with van der Waals surface area (Å²) in [4.78, 5) is 2.32. The number of nitrogens with zero attached hydrogens (tertiary/aromatic N) is 1. The molecule has 3 nitrogen and oxygen atoms in total. The van der Waals surface area contributed by atoms with Crippen molar-refractivity contribution in [2.24, 2.45) is 0 Å². The van der Waals surface area contributed by atoms with E-state index in [2.05, 4.69) is 16.8 Å². The molecule has 1 aromatic rings. The van der Waals surface area contributed by atoms with Gasteiger partial charge >= 0.3 is 0 Å². The van der Waals surface area contributed by atoms with Gasteiger partial charge in [0.05, 0.1) is 7.11 Å². The Kier molecular flexibility index (Phi) is 5.15. The second kappa shape index (κ2) is 6.86. The van der Waals surface area contributed by atoms with E-state index in [1.165, 1.54) is 6.07 Å². The number of halogens is 1. The first-order valence-electron chi connectivity index (χ1n) is 7.04. The number of ether oxygens (including phenoxy) is 1. The monoisotopic (exact) mass is 278 g/mol. The summed E-state index contributed by atoms with van der Waals surface area (Å²) >= 11 is 0. The van der Waals surface area contributed by atoms with E-state index in [9.17, 15) is 4.39 Å². The first-order chi connectivity index (χ1) is 9.61. The molecule has 0 bridgehead atoms. The van der Waals surface area contributed by atoms with Crippen molar-refractivity contribution in [3.63, 3.8) is 0 Å². The highest BCUT2D eigenvalue weighted by atomic mass is 19.1. The van der Waals surface area contributed by atoms with Crippen molar-refractivity contribution in [1.29, 1.82) is 0 Å². The third kappa shape index (κ3) is 3.58. The van der Waals surface area contributed by atoms with Gasteiger partial charge in [-0.1, -0.05) is 5.57 Å². The van der Waals surface area contributed by atoms with Crippen molar-refractivity contribution in [2.75, 3.05) is 33.3 Å². The van der Waals surface area contributed by atoms with Gasteiger partial charge in [0.15, 0.2) is 0 Å². The zero-order valence-electron chi connectivity index (χ0n) is 12.3. The van der Waals surface area contributed by atoms with Gasteiger partial charge in [-0.2, -0.15) is 0 Å². The number of nitrogens with one attached hydrogen (secondary N) is 1. The van der Waals surface area contributed by atoms with E-state index < -0.39 is 0 Å². The van der Waals surface area contributed by atoms with Gasteiger partial charge in [0, 0.05) is 37.8 Å². The van der Waals surface area contributed by atoms with Crippen LogP contribution in [0, 0.1) is 5.82 Å². The quantitative estimate of drug-likeness (QED) is 0.838. The highest BCUT2D eigenvalue weighted by Crippen LogP contribution is 2.31. The van der Waals surface area contributed by atoms with Gasteiger partial charge in [0.2, 0.25) is 0 Å². The van der Waals surface area contributed by atoms with E-state index in [4.69, 9.17) is 4.74 Å². The zero-order chi connectivity index (χ0) is 14.5. The van der Waals surface area contributed by atoms with Crippen molar-refractivity contribution in [1.82, 2.24) is 10.2 Å². The Balaban J connectivity index is 2.31. The van der Waals surface area contributed by atoms with Crippen LogP contribution in [0.4, 0.5) is 4.39 Å². The third-order valence-electron chi connectivity index (χ3n) is 3.70. The van der Waals surface area contributed by atoms with E-state index in [-0.39, 0.29) is 11.9 Å². The van der Waals surface area contributed by atoms with Crippen molar-refractivity contribution < 1.29 is 9.13 Å². The SMILES string of the molecule is C=C(C)C[C@@H](c1cc(OC)ccc1F)N1CCNCC1. The average Bonchev–Trinajstić information content (AvgIpc) is 2.46. The van der Waals surface area contributed by atoms with Crippen molar-refractivity contribution in [3.8, 4) is 5.75 Å². The van der Waals surface area contributed by atoms with Crippen LogP contribution in [0.15, 0.2) is 30.4 Å². The van der Waals surface area contributed by atoms with E-state index >= 15 is 0 Å². The Morgan fingerprint density at radius 3 is 2.75 bits per heavy atom. The van der Waals surface area contributed by atoms with Crippen LogP contribution in [-0.4, -0.2) is 38.2 Å². The van der Waals surface area contributed by atoms with Gasteiger partial charge in [-0.3, -0.25) is 4.90 Å². The second-order valence-corrected chi connectivity index (χ2v) is 5.35. The minimum atomic E-state index is -0.171.